The summed E-state index contributed by atoms with van der Waals surface area (Å²) < 4.78 is 1.75. The summed E-state index contributed by atoms with van der Waals surface area (Å²) in [7, 11) is 0. The molecule has 0 radical (unpaired) electrons. The molecule has 1 fully saturated rings. The van der Waals surface area contributed by atoms with Gasteiger partial charge in [-0.2, -0.15) is 0 Å². The highest BCUT2D eigenvalue weighted by Gasteiger charge is 2.32. The Labute approximate surface area is 190 Å². The molecule has 0 saturated carbocycles. The molecule has 0 spiro atoms. The Balaban J connectivity index is 1.32. The number of carbonyl (C=O) groups is 2. The van der Waals surface area contributed by atoms with Gasteiger partial charge >= 0.3 is 0 Å². The van der Waals surface area contributed by atoms with Gasteiger partial charge in [0, 0.05) is 43.8 Å². The van der Waals surface area contributed by atoms with Gasteiger partial charge in [-0.3, -0.25) is 9.59 Å². The fourth-order valence-electron chi connectivity index (χ4n) is 5.10. The summed E-state index contributed by atoms with van der Waals surface area (Å²) in [4.78, 5) is 34.7. The van der Waals surface area contributed by atoms with Crippen molar-refractivity contribution in [2.75, 3.05) is 31.1 Å². The van der Waals surface area contributed by atoms with Crippen molar-refractivity contribution in [2.24, 2.45) is 0 Å². The van der Waals surface area contributed by atoms with Crippen molar-refractivity contribution in [3.8, 4) is 0 Å². The van der Waals surface area contributed by atoms with E-state index in [-0.39, 0.29) is 18.2 Å². The molecule has 172 valence electrons. The van der Waals surface area contributed by atoms with Crippen LogP contribution in [0.1, 0.15) is 57.1 Å². The second-order valence-electron chi connectivity index (χ2n) is 8.90. The topological polar surface area (TPSA) is 70.5 Å². The van der Waals surface area contributed by atoms with E-state index in [2.05, 4.69) is 28.2 Å². The third kappa shape index (κ3) is 5.21. The van der Waals surface area contributed by atoms with E-state index in [0.29, 0.717) is 19.1 Å². The van der Waals surface area contributed by atoms with E-state index in [4.69, 9.17) is 0 Å². The number of benzene rings is 1. The molecule has 2 amide bonds. The molecule has 1 N–H and O–H groups in total. The Hall–Kier alpha value is -2.67. The van der Waals surface area contributed by atoms with Crippen molar-refractivity contribution in [1.29, 1.82) is 0 Å². The normalized spacial score (nSPS) is 19.5. The molecule has 1 aromatic heterocycles. The lowest BCUT2D eigenvalue weighted by molar-refractivity contribution is -0.128. The number of rotatable bonds is 9. The monoisotopic (exact) mass is 437 g/mol. The summed E-state index contributed by atoms with van der Waals surface area (Å²) in [6.07, 6.45) is 12.0. The average molecular weight is 438 g/mol. The maximum absolute atomic E-state index is 13.4. The van der Waals surface area contributed by atoms with Crippen LogP contribution in [0, 0.1) is 0 Å². The van der Waals surface area contributed by atoms with E-state index < -0.39 is 6.04 Å². The highest BCUT2D eigenvalue weighted by Crippen LogP contribution is 2.30. The van der Waals surface area contributed by atoms with Gasteiger partial charge in [-0.05, 0) is 50.3 Å². The number of fused-ring (bicyclic) bond motifs is 1. The van der Waals surface area contributed by atoms with Gasteiger partial charge in [-0.15, -0.1) is 0 Å². The highest BCUT2D eigenvalue weighted by atomic mass is 16.2. The van der Waals surface area contributed by atoms with Gasteiger partial charge in [0.1, 0.15) is 6.04 Å². The first-order valence-electron chi connectivity index (χ1n) is 12.0. The molecular weight excluding hydrogens is 402 g/mol. The molecule has 2 atom stereocenters. The van der Waals surface area contributed by atoms with Gasteiger partial charge in [0.2, 0.25) is 5.91 Å². The number of nitrogens with one attached hydrogen (secondary N) is 1. The summed E-state index contributed by atoms with van der Waals surface area (Å²) in [6.45, 7) is 5.74. The predicted octanol–water partition coefficient (Wildman–Crippen LogP) is 3.17. The molecular formula is C25H35N5O2. The molecule has 3 heterocycles. The maximum Gasteiger partial charge on any atom is 0.250 e. The number of piperidine rings is 1. The lowest BCUT2D eigenvalue weighted by Crippen LogP contribution is -2.41. The standard InChI is InChI=1S/C25H35N5O2/c1-2-21-9-5-6-14-28(21)15-7-12-27-24(31)18-23(29-17-13-26-19-29)25(32)30-16-11-20-8-3-4-10-22(20)30/h3-4,8,10,13,17,19,21,23H,2,5-7,9,11-12,14-16,18H2,1H3,(H,27,31). The average Bonchev–Trinajstić information content (AvgIpc) is 3.50. The summed E-state index contributed by atoms with van der Waals surface area (Å²) in [6, 6.07) is 8.10. The zero-order valence-corrected chi connectivity index (χ0v) is 19.1. The van der Waals surface area contributed by atoms with E-state index in [1.807, 2.05) is 23.1 Å². The van der Waals surface area contributed by atoms with Crippen molar-refractivity contribution in [2.45, 2.75) is 64.0 Å². The quantitative estimate of drug-likeness (QED) is 0.612. The van der Waals surface area contributed by atoms with E-state index >= 15 is 0 Å². The summed E-state index contributed by atoms with van der Waals surface area (Å²) in [5.41, 5.74) is 2.13. The minimum atomic E-state index is -0.588. The van der Waals surface area contributed by atoms with Crippen molar-refractivity contribution < 1.29 is 9.59 Å². The van der Waals surface area contributed by atoms with E-state index in [1.54, 1.807) is 23.3 Å². The fraction of sp³-hybridized carbons (Fsp3) is 0.560. The first kappa shape index (κ1) is 22.5. The fourth-order valence-corrected chi connectivity index (χ4v) is 5.10. The lowest BCUT2D eigenvalue weighted by atomic mass is 10.00. The van der Waals surface area contributed by atoms with E-state index in [0.717, 1.165) is 25.1 Å². The highest BCUT2D eigenvalue weighted by molar-refractivity contribution is 6.00. The van der Waals surface area contributed by atoms with Crippen LogP contribution in [0.25, 0.3) is 0 Å². The van der Waals surface area contributed by atoms with Gasteiger partial charge in [0.25, 0.3) is 5.91 Å². The van der Waals surface area contributed by atoms with Crippen LogP contribution in [-0.4, -0.2) is 58.5 Å². The zero-order chi connectivity index (χ0) is 22.3. The number of carbonyl (C=O) groups excluding carboxylic acids is 2. The second kappa shape index (κ2) is 10.8. The molecule has 2 aliphatic heterocycles. The van der Waals surface area contributed by atoms with Gasteiger partial charge in [-0.1, -0.05) is 31.5 Å². The molecule has 2 unspecified atom stereocenters. The van der Waals surface area contributed by atoms with Crippen LogP contribution in [-0.2, 0) is 16.0 Å². The summed E-state index contributed by atoms with van der Waals surface area (Å²) in [5, 5.41) is 3.04. The third-order valence-electron chi connectivity index (χ3n) is 6.87. The molecule has 1 saturated heterocycles. The molecule has 0 bridgehead atoms. The van der Waals surface area contributed by atoms with Crippen molar-refractivity contribution in [3.05, 3.63) is 48.5 Å². The van der Waals surface area contributed by atoms with E-state index in [9.17, 15) is 9.59 Å². The zero-order valence-electron chi connectivity index (χ0n) is 19.1. The predicted molar refractivity (Wildman–Crippen MR) is 126 cm³/mol. The SMILES string of the molecule is CCC1CCCCN1CCCNC(=O)CC(C(=O)N1CCc2ccccc21)n1ccnc1. The number of para-hydroxylation sites is 1. The molecule has 4 rings (SSSR count). The molecule has 2 aromatic rings. The lowest BCUT2D eigenvalue weighted by Gasteiger charge is -2.35. The minimum Gasteiger partial charge on any atom is -0.356 e. The van der Waals surface area contributed by atoms with Crippen LogP contribution in [0.15, 0.2) is 43.0 Å². The van der Waals surface area contributed by atoms with Gasteiger partial charge in [0.15, 0.2) is 0 Å². The number of hydrogen-bond donors (Lipinski definition) is 1. The van der Waals surface area contributed by atoms with Gasteiger partial charge < -0.3 is 19.7 Å². The summed E-state index contributed by atoms with van der Waals surface area (Å²) >= 11 is 0. The smallest absolute Gasteiger partial charge is 0.250 e. The molecule has 7 heteroatoms. The number of aromatic nitrogens is 2. The Kier molecular flexibility index (Phi) is 7.58. The van der Waals surface area contributed by atoms with Crippen LogP contribution in [0.3, 0.4) is 0 Å². The Morgan fingerprint density at radius 3 is 2.91 bits per heavy atom. The minimum absolute atomic E-state index is 0.0535. The molecule has 0 aliphatic carbocycles. The Morgan fingerprint density at radius 1 is 1.22 bits per heavy atom. The molecule has 32 heavy (non-hydrogen) atoms. The first-order valence-corrected chi connectivity index (χ1v) is 12.0. The Morgan fingerprint density at radius 2 is 2.09 bits per heavy atom. The third-order valence-corrected chi connectivity index (χ3v) is 6.87. The number of amides is 2. The van der Waals surface area contributed by atoms with Crippen LogP contribution in [0.2, 0.25) is 0 Å². The van der Waals surface area contributed by atoms with Crippen LogP contribution < -0.4 is 10.2 Å². The Bertz CT molecular complexity index is 897. The maximum atomic E-state index is 13.4. The number of anilines is 1. The second-order valence-corrected chi connectivity index (χ2v) is 8.90. The summed E-state index contributed by atoms with van der Waals surface area (Å²) in [5.74, 6) is -0.141. The van der Waals surface area contributed by atoms with Crippen LogP contribution in [0.5, 0.6) is 0 Å². The number of likely N-dealkylation sites (tertiary alicyclic amines) is 1. The molecule has 1 aromatic carbocycles. The number of imidazole rings is 1. The van der Waals surface area contributed by atoms with E-state index in [1.165, 1.54) is 37.8 Å². The van der Waals surface area contributed by atoms with Crippen molar-refractivity contribution in [1.82, 2.24) is 19.8 Å². The van der Waals surface area contributed by atoms with Crippen LogP contribution in [0.4, 0.5) is 5.69 Å². The van der Waals surface area contributed by atoms with Gasteiger partial charge in [0.05, 0.1) is 12.7 Å². The number of nitrogens with zero attached hydrogens (tertiary/aromatic N) is 4. The molecule has 2 aliphatic rings. The largest absolute Gasteiger partial charge is 0.356 e. The first-order chi connectivity index (χ1) is 15.7. The van der Waals surface area contributed by atoms with Crippen molar-refractivity contribution >= 4 is 17.5 Å². The molecule has 7 nitrogen and oxygen atoms in total. The number of hydrogen-bond acceptors (Lipinski definition) is 4. The van der Waals surface area contributed by atoms with Gasteiger partial charge in [-0.25, -0.2) is 4.98 Å². The van der Waals surface area contributed by atoms with Crippen molar-refractivity contribution in [3.63, 3.8) is 0 Å². The van der Waals surface area contributed by atoms with Crippen LogP contribution >= 0.6 is 0 Å².